The molecule has 0 aliphatic heterocycles. The molecule has 5 nitrogen and oxygen atoms in total. The van der Waals surface area contributed by atoms with Gasteiger partial charge in [0.15, 0.2) is 5.78 Å². The molecule has 20 heavy (non-hydrogen) atoms. The van der Waals surface area contributed by atoms with E-state index in [1.807, 2.05) is 6.07 Å². The van der Waals surface area contributed by atoms with E-state index in [1.165, 1.54) is 12.1 Å². The van der Waals surface area contributed by atoms with Gasteiger partial charge in [0.1, 0.15) is 12.2 Å². The summed E-state index contributed by atoms with van der Waals surface area (Å²) in [6, 6.07) is 6.53. The van der Waals surface area contributed by atoms with Crippen LogP contribution in [-0.2, 0) is 14.3 Å². The van der Waals surface area contributed by atoms with Crippen LogP contribution in [0.1, 0.15) is 34.8 Å². The number of esters is 1. The number of aldehydes is 1. The summed E-state index contributed by atoms with van der Waals surface area (Å²) >= 11 is 0. The first kappa shape index (κ1) is 15.6. The highest BCUT2D eigenvalue weighted by Gasteiger charge is 2.29. The van der Waals surface area contributed by atoms with Crippen LogP contribution in [0.2, 0.25) is 0 Å². The van der Waals surface area contributed by atoms with E-state index in [2.05, 4.69) is 0 Å². The third kappa shape index (κ3) is 3.51. The summed E-state index contributed by atoms with van der Waals surface area (Å²) in [7, 11) is 0. The van der Waals surface area contributed by atoms with Crippen LogP contribution in [0.5, 0.6) is 0 Å². The topological polar surface area (TPSA) is 84.2 Å². The number of benzene rings is 1. The van der Waals surface area contributed by atoms with E-state index in [0.717, 1.165) is 0 Å². The van der Waals surface area contributed by atoms with Gasteiger partial charge in [0, 0.05) is 12.0 Å². The third-order valence-electron chi connectivity index (χ3n) is 2.84. The number of aryl methyl sites for hydroxylation is 1. The molecule has 0 saturated heterocycles. The second-order valence-electron chi connectivity index (χ2n) is 4.21. The summed E-state index contributed by atoms with van der Waals surface area (Å²) in [5, 5.41) is 8.79. The molecule has 0 amide bonds. The van der Waals surface area contributed by atoms with E-state index in [0.29, 0.717) is 23.0 Å². The number of hydrogen-bond donors (Lipinski definition) is 0. The minimum atomic E-state index is -1.13. The van der Waals surface area contributed by atoms with Gasteiger partial charge in [0.2, 0.25) is 0 Å². The van der Waals surface area contributed by atoms with Gasteiger partial charge in [-0.05, 0) is 37.6 Å². The van der Waals surface area contributed by atoms with Gasteiger partial charge >= 0.3 is 5.97 Å². The van der Waals surface area contributed by atoms with Crippen molar-refractivity contribution in [1.29, 1.82) is 5.26 Å². The van der Waals surface area contributed by atoms with Crippen LogP contribution < -0.4 is 0 Å². The zero-order valence-electron chi connectivity index (χ0n) is 11.4. The van der Waals surface area contributed by atoms with Crippen molar-refractivity contribution >= 4 is 18.0 Å². The number of nitriles is 1. The molecule has 0 fully saturated rings. The molecule has 1 aromatic rings. The summed E-state index contributed by atoms with van der Waals surface area (Å²) < 4.78 is 4.81. The van der Waals surface area contributed by atoms with E-state index in [4.69, 9.17) is 10.00 Å². The normalized spacial score (nSPS) is 11.2. The Labute approximate surface area is 117 Å². The highest BCUT2D eigenvalue weighted by Crippen LogP contribution is 2.18. The van der Waals surface area contributed by atoms with Crippen molar-refractivity contribution in [2.45, 2.75) is 20.3 Å². The van der Waals surface area contributed by atoms with Crippen LogP contribution in [-0.4, -0.2) is 24.6 Å². The second-order valence-corrected chi connectivity index (χ2v) is 4.21. The lowest BCUT2D eigenvalue weighted by Crippen LogP contribution is -2.27. The van der Waals surface area contributed by atoms with Crippen molar-refractivity contribution in [2.24, 2.45) is 5.92 Å². The second kappa shape index (κ2) is 7.19. The number of ether oxygens (including phenoxy) is 1. The van der Waals surface area contributed by atoms with Gasteiger partial charge in [0.25, 0.3) is 0 Å². The van der Waals surface area contributed by atoms with Crippen molar-refractivity contribution < 1.29 is 19.1 Å². The molecular weight excluding hydrogens is 258 g/mol. The molecule has 0 spiro atoms. The Morgan fingerprint density at radius 1 is 1.45 bits per heavy atom. The largest absolute Gasteiger partial charge is 0.465 e. The smallest absolute Gasteiger partial charge is 0.317 e. The first-order valence-electron chi connectivity index (χ1n) is 6.20. The number of nitrogens with zero attached hydrogens (tertiary/aromatic N) is 1. The fourth-order valence-electron chi connectivity index (χ4n) is 1.85. The zero-order chi connectivity index (χ0) is 15.1. The monoisotopic (exact) mass is 273 g/mol. The summed E-state index contributed by atoms with van der Waals surface area (Å²) in [5.74, 6) is -2.29. The van der Waals surface area contributed by atoms with Crippen LogP contribution in [0.15, 0.2) is 18.2 Å². The molecule has 0 aliphatic rings. The van der Waals surface area contributed by atoms with Gasteiger partial charge < -0.3 is 9.53 Å². The Hall–Kier alpha value is -2.48. The number of rotatable bonds is 6. The molecule has 1 atom stereocenters. The van der Waals surface area contributed by atoms with Crippen LogP contribution in [0, 0.1) is 24.2 Å². The van der Waals surface area contributed by atoms with E-state index < -0.39 is 17.7 Å². The lowest BCUT2D eigenvalue weighted by molar-refractivity contribution is -0.147. The van der Waals surface area contributed by atoms with E-state index >= 15 is 0 Å². The van der Waals surface area contributed by atoms with Crippen molar-refractivity contribution in [2.75, 3.05) is 6.61 Å². The summed E-state index contributed by atoms with van der Waals surface area (Å²) in [5.41, 5.74) is 1.35. The van der Waals surface area contributed by atoms with Gasteiger partial charge in [-0.15, -0.1) is 0 Å². The van der Waals surface area contributed by atoms with Crippen molar-refractivity contribution in [3.8, 4) is 6.07 Å². The molecule has 1 rings (SSSR count). The summed E-state index contributed by atoms with van der Waals surface area (Å²) in [6.45, 7) is 3.46. The Kier molecular flexibility index (Phi) is 5.60. The summed E-state index contributed by atoms with van der Waals surface area (Å²) in [4.78, 5) is 34.7. The first-order chi connectivity index (χ1) is 9.54. The summed E-state index contributed by atoms with van der Waals surface area (Å²) in [6.07, 6.45) is 0.315. The first-order valence-corrected chi connectivity index (χ1v) is 6.20. The average molecular weight is 273 g/mol. The van der Waals surface area contributed by atoms with Crippen LogP contribution in [0.25, 0.3) is 0 Å². The maximum absolute atomic E-state index is 12.3. The Morgan fingerprint density at radius 2 is 2.15 bits per heavy atom. The maximum Gasteiger partial charge on any atom is 0.317 e. The molecule has 0 bridgehead atoms. The molecule has 0 aromatic heterocycles. The highest BCUT2D eigenvalue weighted by atomic mass is 16.5. The average Bonchev–Trinajstić information content (AvgIpc) is 2.44. The highest BCUT2D eigenvalue weighted by molar-refractivity contribution is 6.10. The Morgan fingerprint density at radius 3 is 2.65 bits per heavy atom. The molecule has 0 radical (unpaired) electrons. The lowest BCUT2D eigenvalue weighted by atomic mass is 9.91. The maximum atomic E-state index is 12.3. The molecule has 5 heteroatoms. The predicted octanol–water partition coefficient (Wildman–Crippen LogP) is 1.82. The zero-order valence-corrected chi connectivity index (χ0v) is 11.4. The van der Waals surface area contributed by atoms with Crippen molar-refractivity contribution in [3.05, 3.63) is 34.9 Å². The van der Waals surface area contributed by atoms with Gasteiger partial charge in [-0.25, -0.2) is 0 Å². The van der Waals surface area contributed by atoms with Crippen molar-refractivity contribution in [1.82, 2.24) is 0 Å². The van der Waals surface area contributed by atoms with E-state index in [9.17, 15) is 14.4 Å². The molecular formula is C15H15NO4. The Bertz CT molecular complexity index is 572. The number of carbonyl (C=O) groups is 3. The number of carbonyl (C=O) groups excluding carboxylic acids is 3. The lowest BCUT2D eigenvalue weighted by Gasteiger charge is -2.13. The van der Waals surface area contributed by atoms with Gasteiger partial charge in [0.05, 0.1) is 18.2 Å². The van der Waals surface area contributed by atoms with Crippen LogP contribution >= 0.6 is 0 Å². The Balaban J connectivity index is 3.09. The number of hydrogen-bond acceptors (Lipinski definition) is 5. The molecule has 1 unspecified atom stereocenters. The minimum absolute atomic E-state index is 0.147. The molecule has 0 heterocycles. The quantitative estimate of drug-likeness (QED) is 0.341. The SMILES string of the molecule is CCOC(=O)C(CC=O)C(=O)c1ccc(C#N)cc1C. The predicted molar refractivity (Wildman–Crippen MR) is 71.0 cm³/mol. The molecule has 1 aromatic carbocycles. The van der Waals surface area contributed by atoms with Gasteiger partial charge in [-0.1, -0.05) is 0 Å². The van der Waals surface area contributed by atoms with Crippen molar-refractivity contribution in [3.63, 3.8) is 0 Å². The van der Waals surface area contributed by atoms with Crippen LogP contribution in [0.3, 0.4) is 0 Å². The minimum Gasteiger partial charge on any atom is -0.465 e. The van der Waals surface area contributed by atoms with E-state index in [1.54, 1.807) is 19.9 Å². The van der Waals surface area contributed by atoms with Crippen LogP contribution in [0.4, 0.5) is 0 Å². The molecule has 104 valence electrons. The fourth-order valence-corrected chi connectivity index (χ4v) is 1.85. The third-order valence-corrected chi connectivity index (χ3v) is 2.84. The fraction of sp³-hybridized carbons (Fsp3) is 0.333. The number of ketones is 1. The molecule has 0 aliphatic carbocycles. The number of Topliss-reactive ketones (excluding diaryl/α,β-unsaturated/α-hetero) is 1. The molecule has 0 saturated carbocycles. The van der Waals surface area contributed by atoms with E-state index in [-0.39, 0.29) is 13.0 Å². The molecule has 0 N–H and O–H groups in total. The van der Waals surface area contributed by atoms with Gasteiger partial charge in [-0.2, -0.15) is 5.26 Å². The van der Waals surface area contributed by atoms with Gasteiger partial charge in [-0.3, -0.25) is 9.59 Å². The standard InChI is InChI=1S/C15H15NO4/c1-3-20-15(19)13(6-7-17)14(18)12-5-4-11(9-16)8-10(12)2/h4-5,7-8,13H,3,6H2,1-2H3.